The molecule has 4 nitrogen and oxygen atoms in total. The fourth-order valence-corrected chi connectivity index (χ4v) is 2.25. The third-order valence-electron chi connectivity index (χ3n) is 3.32. The van der Waals surface area contributed by atoms with Gasteiger partial charge in [0.2, 0.25) is 0 Å². The summed E-state index contributed by atoms with van der Waals surface area (Å²) >= 11 is 0. The molecular weight excluding hydrogens is 266 g/mol. The molecule has 0 bridgehead atoms. The topological polar surface area (TPSA) is 57.6 Å². The molecule has 2 aromatic carbocycles. The van der Waals surface area contributed by atoms with Crippen molar-refractivity contribution in [3.05, 3.63) is 59.9 Å². The molecule has 3 aromatic rings. The summed E-state index contributed by atoms with van der Waals surface area (Å²) in [5, 5.41) is 1.04. The average Bonchev–Trinajstić information content (AvgIpc) is 2.96. The fourth-order valence-electron chi connectivity index (χ4n) is 2.25. The smallest absolute Gasteiger partial charge is 0.146 e. The van der Waals surface area contributed by atoms with Gasteiger partial charge in [-0.05, 0) is 18.2 Å². The standard InChI is InChI=1S/C17H17NO3/c1-19-14-6-3-7-15(9-14)20-11-16-8-12-4-2-5-13(10-18)17(12)21-16/h2-9H,10-11,18H2,1H3. The number of hydrogen-bond donors (Lipinski definition) is 1. The van der Waals surface area contributed by atoms with E-state index in [0.29, 0.717) is 13.2 Å². The molecule has 0 fully saturated rings. The van der Waals surface area contributed by atoms with Crippen LogP contribution in [0, 0.1) is 0 Å². The maximum atomic E-state index is 5.83. The Morgan fingerprint density at radius 3 is 2.67 bits per heavy atom. The summed E-state index contributed by atoms with van der Waals surface area (Å²) in [4.78, 5) is 0. The minimum atomic E-state index is 0.367. The summed E-state index contributed by atoms with van der Waals surface area (Å²) in [6.07, 6.45) is 0. The van der Waals surface area contributed by atoms with Gasteiger partial charge in [-0.15, -0.1) is 0 Å². The van der Waals surface area contributed by atoms with Crippen molar-refractivity contribution < 1.29 is 13.9 Å². The van der Waals surface area contributed by atoms with Crippen LogP contribution in [0.2, 0.25) is 0 Å². The van der Waals surface area contributed by atoms with E-state index in [2.05, 4.69) is 0 Å². The highest BCUT2D eigenvalue weighted by atomic mass is 16.5. The first-order valence-electron chi connectivity index (χ1n) is 6.77. The van der Waals surface area contributed by atoms with Crippen molar-refractivity contribution in [2.75, 3.05) is 7.11 Å². The van der Waals surface area contributed by atoms with Crippen molar-refractivity contribution in [1.82, 2.24) is 0 Å². The van der Waals surface area contributed by atoms with E-state index < -0.39 is 0 Å². The van der Waals surface area contributed by atoms with Gasteiger partial charge in [0.1, 0.15) is 29.4 Å². The van der Waals surface area contributed by atoms with Crippen molar-refractivity contribution in [2.24, 2.45) is 5.73 Å². The van der Waals surface area contributed by atoms with Gasteiger partial charge in [0.25, 0.3) is 0 Å². The van der Waals surface area contributed by atoms with Crippen LogP contribution in [0.15, 0.2) is 52.9 Å². The van der Waals surface area contributed by atoms with Gasteiger partial charge >= 0.3 is 0 Å². The van der Waals surface area contributed by atoms with Gasteiger partial charge in [-0.1, -0.05) is 24.3 Å². The highest BCUT2D eigenvalue weighted by Crippen LogP contribution is 2.25. The summed E-state index contributed by atoms with van der Waals surface area (Å²) in [7, 11) is 1.63. The molecule has 0 atom stereocenters. The predicted octanol–water partition coefficient (Wildman–Crippen LogP) is 3.48. The van der Waals surface area contributed by atoms with Crippen LogP contribution in [-0.2, 0) is 13.2 Å². The summed E-state index contributed by atoms with van der Waals surface area (Å²) in [6.45, 7) is 0.826. The number of hydrogen-bond acceptors (Lipinski definition) is 4. The largest absolute Gasteiger partial charge is 0.497 e. The number of nitrogens with two attached hydrogens (primary N) is 1. The fraction of sp³-hybridized carbons (Fsp3) is 0.176. The molecule has 21 heavy (non-hydrogen) atoms. The zero-order chi connectivity index (χ0) is 14.7. The Labute approximate surface area is 123 Å². The van der Waals surface area contributed by atoms with Gasteiger partial charge in [-0.2, -0.15) is 0 Å². The molecule has 1 aromatic heterocycles. The first-order chi connectivity index (χ1) is 10.3. The maximum Gasteiger partial charge on any atom is 0.146 e. The number of methoxy groups -OCH3 is 1. The summed E-state index contributed by atoms with van der Waals surface area (Å²) in [6, 6.07) is 15.4. The molecule has 0 saturated carbocycles. The molecule has 0 radical (unpaired) electrons. The lowest BCUT2D eigenvalue weighted by molar-refractivity contribution is 0.273. The second-order valence-electron chi connectivity index (χ2n) is 4.72. The third-order valence-corrected chi connectivity index (χ3v) is 3.32. The number of para-hydroxylation sites is 1. The highest BCUT2D eigenvalue weighted by molar-refractivity contribution is 5.81. The Morgan fingerprint density at radius 1 is 1.05 bits per heavy atom. The van der Waals surface area contributed by atoms with Crippen LogP contribution in [0.4, 0.5) is 0 Å². The molecule has 0 aliphatic carbocycles. The summed E-state index contributed by atoms with van der Waals surface area (Å²) in [5.74, 6) is 2.28. The monoisotopic (exact) mass is 283 g/mol. The lowest BCUT2D eigenvalue weighted by Crippen LogP contribution is -1.96. The molecule has 4 heteroatoms. The number of fused-ring (bicyclic) bond motifs is 1. The van der Waals surface area contributed by atoms with E-state index in [1.54, 1.807) is 7.11 Å². The predicted molar refractivity (Wildman–Crippen MR) is 81.4 cm³/mol. The second-order valence-corrected chi connectivity index (χ2v) is 4.72. The number of ether oxygens (including phenoxy) is 2. The minimum absolute atomic E-state index is 0.367. The van der Waals surface area contributed by atoms with Crippen molar-refractivity contribution in [1.29, 1.82) is 0 Å². The average molecular weight is 283 g/mol. The van der Waals surface area contributed by atoms with Gasteiger partial charge in [0.05, 0.1) is 7.11 Å². The van der Waals surface area contributed by atoms with Crippen LogP contribution in [0.25, 0.3) is 11.0 Å². The molecule has 1 heterocycles. The molecular formula is C17H17NO3. The molecule has 3 rings (SSSR count). The molecule has 0 saturated heterocycles. The second kappa shape index (κ2) is 5.89. The van der Waals surface area contributed by atoms with Crippen LogP contribution in [0.5, 0.6) is 11.5 Å². The van der Waals surface area contributed by atoms with Crippen LogP contribution >= 0.6 is 0 Å². The van der Waals surface area contributed by atoms with Crippen LogP contribution in [0.3, 0.4) is 0 Å². The van der Waals surface area contributed by atoms with E-state index >= 15 is 0 Å². The maximum absolute atomic E-state index is 5.83. The molecule has 0 spiro atoms. The van der Waals surface area contributed by atoms with E-state index in [4.69, 9.17) is 19.6 Å². The summed E-state index contributed by atoms with van der Waals surface area (Å²) in [5.41, 5.74) is 7.55. The van der Waals surface area contributed by atoms with Crippen LogP contribution in [-0.4, -0.2) is 7.11 Å². The molecule has 0 aliphatic heterocycles. The zero-order valence-corrected chi connectivity index (χ0v) is 11.8. The van der Waals surface area contributed by atoms with Gasteiger partial charge in [-0.25, -0.2) is 0 Å². The summed E-state index contributed by atoms with van der Waals surface area (Å²) < 4.78 is 16.7. The van der Waals surface area contributed by atoms with Crippen LogP contribution in [0.1, 0.15) is 11.3 Å². The number of furan rings is 1. The Balaban J connectivity index is 1.78. The first kappa shape index (κ1) is 13.5. The van der Waals surface area contributed by atoms with Gasteiger partial charge < -0.3 is 19.6 Å². The van der Waals surface area contributed by atoms with Crippen molar-refractivity contribution in [2.45, 2.75) is 13.2 Å². The van der Waals surface area contributed by atoms with Crippen molar-refractivity contribution in [3.8, 4) is 11.5 Å². The van der Waals surface area contributed by atoms with E-state index in [1.165, 1.54) is 0 Å². The van der Waals surface area contributed by atoms with E-state index in [-0.39, 0.29) is 0 Å². The number of benzene rings is 2. The van der Waals surface area contributed by atoms with Gasteiger partial charge in [-0.3, -0.25) is 0 Å². The molecule has 0 amide bonds. The molecule has 108 valence electrons. The van der Waals surface area contributed by atoms with E-state index in [1.807, 2.05) is 48.5 Å². The normalized spacial score (nSPS) is 10.8. The minimum Gasteiger partial charge on any atom is -0.497 e. The van der Waals surface area contributed by atoms with E-state index in [0.717, 1.165) is 33.8 Å². The zero-order valence-electron chi connectivity index (χ0n) is 11.8. The lowest BCUT2D eigenvalue weighted by Gasteiger charge is -2.05. The first-order valence-corrected chi connectivity index (χ1v) is 6.77. The van der Waals surface area contributed by atoms with Crippen molar-refractivity contribution in [3.63, 3.8) is 0 Å². The lowest BCUT2D eigenvalue weighted by atomic mass is 10.1. The number of rotatable bonds is 5. The Kier molecular flexibility index (Phi) is 3.79. The SMILES string of the molecule is COc1cccc(OCc2cc3cccc(CN)c3o2)c1. The Morgan fingerprint density at radius 2 is 1.86 bits per heavy atom. The Hall–Kier alpha value is -2.46. The van der Waals surface area contributed by atoms with Gasteiger partial charge in [0, 0.05) is 23.6 Å². The molecule has 0 aliphatic rings. The third kappa shape index (κ3) is 2.85. The molecule has 2 N–H and O–H groups in total. The molecule has 0 unspecified atom stereocenters. The van der Waals surface area contributed by atoms with Gasteiger partial charge in [0.15, 0.2) is 0 Å². The van der Waals surface area contributed by atoms with Crippen LogP contribution < -0.4 is 15.2 Å². The van der Waals surface area contributed by atoms with Crippen molar-refractivity contribution >= 4 is 11.0 Å². The Bertz CT molecular complexity index is 749. The highest BCUT2D eigenvalue weighted by Gasteiger charge is 2.08. The quantitative estimate of drug-likeness (QED) is 0.779. The van der Waals surface area contributed by atoms with E-state index in [9.17, 15) is 0 Å².